The Morgan fingerprint density at radius 3 is 1.64 bits per heavy atom. The van der Waals surface area contributed by atoms with Gasteiger partial charge in [0.2, 0.25) is 0 Å². The fraction of sp³-hybridized carbons (Fsp3) is 0.179. The highest BCUT2D eigenvalue weighted by Gasteiger charge is 2.34. The number of nitrogens with zero attached hydrogens (tertiary/aromatic N) is 3. The Balaban J connectivity index is 1.18. The average Bonchev–Trinajstić information content (AvgIpc) is 3.10. The molecule has 6 aromatic rings. The third kappa shape index (κ3) is 7.73. The number of rotatable bonds is 12. The quantitative estimate of drug-likeness (QED) is 0.0634. The van der Waals surface area contributed by atoms with Gasteiger partial charge in [-0.05, 0) is 59.7 Å². The van der Waals surface area contributed by atoms with Crippen LogP contribution in [0.3, 0.4) is 0 Å². The van der Waals surface area contributed by atoms with Crippen LogP contribution in [-0.4, -0.2) is 34.0 Å². The molecule has 47 heavy (non-hydrogen) atoms. The summed E-state index contributed by atoms with van der Waals surface area (Å²) in [4.78, 5) is 21.4. The monoisotopic (exact) mass is 625 g/mol. The molecule has 0 unspecified atom stereocenters. The lowest BCUT2D eigenvalue weighted by atomic mass is 9.71. The Morgan fingerprint density at radius 1 is 0.702 bits per heavy atom. The topological polar surface area (TPSA) is 103 Å². The summed E-state index contributed by atoms with van der Waals surface area (Å²) < 4.78 is 17.6. The molecule has 0 fully saturated rings. The van der Waals surface area contributed by atoms with Gasteiger partial charge in [0.1, 0.15) is 24.7 Å². The molecule has 0 saturated heterocycles. The number of carbonyl (C=O) groups is 1. The number of fused-ring (bicyclic) bond motifs is 2. The number of esters is 1. The van der Waals surface area contributed by atoms with E-state index in [9.17, 15) is 4.79 Å². The van der Waals surface area contributed by atoms with Gasteiger partial charge in [0.05, 0.1) is 29.0 Å². The molecule has 0 aliphatic rings. The van der Waals surface area contributed by atoms with Gasteiger partial charge in [-0.3, -0.25) is 0 Å². The van der Waals surface area contributed by atoms with E-state index in [1.54, 1.807) is 0 Å². The number of aromatic nitrogens is 2. The minimum absolute atomic E-state index is 0.0975. The van der Waals surface area contributed by atoms with Crippen molar-refractivity contribution in [3.8, 4) is 11.5 Å². The molecule has 2 heterocycles. The lowest BCUT2D eigenvalue weighted by Crippen LogP contribution is -2.30. The van der Waals surface area contributed by atoms with Crippen LogP contribution in [-0.2, 0) is 22.7 Å². The van der Waals surface area contributed by atoms with Gasteiger partial charge in [0.15, 0.2) is 6.21 Å². The lowest BCUT2D eigenvalue weighted by molar-refractivity contribution is -0.138. The predicted molar refractivity (Wildman–Crippen MR) is 182 cm³/mol. The molecule has 0 aliphatic heterocycles. The summed E-state index contributed by atoms with van der Waals surface area (Å²) in [5, 5.41) is 13.7. The number of oxime groups is 1. The molecule has 6 rings (SSSR count). The number of para-hydroxylation sites is 2. The highest BCUT2D eigenvalue weighted by atomic mass is 16.5. The van der Waals surface area contributed by atoms with Gasteiger partial charge in [-0.2, -0.15) is 0 Å². The van der Waals surface area contributed by atoms with Gasteiger partial charge in [-0.25, -0.2) is 14.8 Å². The van der Waals surface area contributed by atoms with Crippen molar-refractivity contribution in [3.05, 3.63) is 144 Å². The Bertz CT molecular complexity index is 1880. The van der Waals surface area contributed by atoms with Gasteiger partial charge in [-0.1, -0.05) is 91.8 Å². The molecule has 236 valence electrons. The first-order chi connectivity index (χ1) is 22.9. The first-order valence-electron chi connectivity index (χ1n) is 15.4. The molecular weight excluding hydrogens is 590 g/mol. The van der Waals surface area contributed by atoms with Crippen LogP contribution in [0.15, 0.2) is 126 Å². The SMILES string of the molecule is CC(C)(COC(=O)C=NO)C(c1ccc(OCc2ccc3ccccc3n2)cc1)c1ccc(OCc2ccc3ccccc3n2)cc1. The third-order valence-electron chi connectivity index (χ3n) is 8.04. The largest absolute Gasteiger partial charge is 0.487 e. The molecule has 4 aromatic carbocycles. The molecule has 2 aromatic heterocycles. The molecule has 0 spiro atoms. The molecule has 1 N–H and O–H groups in total. The summed E-state index contributed by atoms with van der Waals surface area (Å²) in [5.74, 6) is 0.569. The van der Waals surface area contributed by atoms with E-state index in [0.717, 1.165) is 62.0 Å². The second-order valence-corrected chi connectivity index (χ2v) is 12.0. The van der Waals surface area contributed by atoms with Gasteiger partial charge < -0.3 is 19.4 Å². The second kappa shape index (κ2) is 14.1. The zero-order chi connectivity index (χ0) is 32.6. The number of carbonyl (C=O) groups excluding carboxylic acids is 1. The normalized spacial score (nSPS) is 11.7. The van der Waals surface area contributed by atoms with E-state index < -0.39 is 11.4 Å². The number of pyridine rings is 2. The smallest absolute Gasteiger partial charge is 0.352 e. The first-order valence-corrected chi connectivity index (χ1v) is 15.4. The minimum atomic E-state index is -0.712. The van der Waals surface area contributed by atoms with E-state index in [4.69, 9.17) is 29.4 Å². The molecule has 0 aliphatic carbocycles. The molecule has 0 radical (unpaired) electrons. The molecule has 0 atom stereocenters. The maximum atomic E-state index is 12.0. The van der Waals surface area contributed by atoms with Crippen LogP contribution < -0.4 is 9.47 Å². The molecule has 0 amide bonds. The van der Waals surface area contributed by atoms with Crippen molar-refractivity contribution in [2.24, 2.45) is 10.6 Å². The van der Waals surface area contributed by atoms with Crippen LogP contribution in [0.25, 0.3) is 21.8 Å². The molecular formula is C39H35N3O5. The van der Waals surface area contributed by atoms with Crippen LogP contribution in [0.1, 0.15) is 42.3 Å². The lowest BCUT2D eigenvalue weighted by Gasteiger charge is -2.35. The van der Waals surface area contributed by atoms with E-state index in [-0.39, 0.29) is 12.5 Å². The Labute approximate surface area is 273 Å². The average molecular weight is 626 g/mol. The third-order valence-corrected chi connectivity index (χ3v) is 8.04. The van der Waals surface area contributed by atoms with E-state index >= 15 is 0 Å². The van der Waals surface area contributed by atoms with E-state index in [2.05, 4.69) is 5.16 Å². The van der Waals surface area contributed by atoms with Gasteiger partial charge in [0, 0.05) is 22.1 Å². The van der Waals surface area contributed by atoms with Gasteiger partial charge in [0.25, 0.3) is 0 Å². The van der Waals surface area contributed by atoms with Crippen molar-refractivity contribution in [1.29, 1.82) is 0 Å². The van der Waals surface area contributed by atoms with E-state index in [0.29, 0.717) is 13.2 Å². The first kappa shape index (κ1) is 31.2. The Kier molecular flexibility index (Phi) is 9.38. The number of benzene rings is 4. The van der Waals surface area contributed by atoms with Crippen molar-refractivity contribution in [3.63, 3.8) is 0 Å². The van der Waals surface area contributed by atoms with E-state index in [1.165, 1.54) is 0 Å². The maximum Gasteiger partial charge on any atom is 0.352 e. The summed E-state index contributed by atoms with van der Waals surface area (Å²) in [5.41, 5.74) is 5.06. The molecule has 0 saturated carbocycles. The highest BCUT2D eigenvalue weighted by Crippen LogP contribution is 2.42. The Hall–Kier alpha value is -5.76. The van der Waals surface area contributed by atoms with E-state index in [1.807, 2.05) is 135 Å². The number of hydrogen-bond acceptors (Lipinski definition) is 8. The molecule has 0 bridgehead atoms. The predicted octanol–water partition coefficient (Wildman–Crippen LogP) is 8.10. The number of hydrogen-bond donors (Lipinski definition) is 1. The summed E-state index contributed by atoms with van der Waals surface area (Å²) in [7, 11) is 0. The zero-order valence-electron chi connectivity index (χ0n) is 26.2. The fourth-order valence-corrected chi connectivity index (χ4v) is 5.72. The summed E-state index contributed by atoms with van der Waals surface area (Å²) >= 11 is 0. The van der Waals surface area contributed by atoms with Crippen LogP contribution in [0.2, 0.25) is 0 Å². The Morgan fingerprint density at radius 2 is 1.17 bits per heavy atom. The van der Waals surface area contributed by atoms with Crippen LogP contribution in [0.4, 0.5) is 0 Å². The number of ether oxygens (including phenoxy) is 3. The van der Waals surface area contributed by atoms with Crippen LogP contribution in [0.5, 0.6) is 11.5 Å². The van der Waals surface area contributed by atoms with Crippen LogP contribution >= 0.6 is 0 Å². The standard InChI is InChI=1S/C39H35N3O5/c1-39(2,26-47-37(43)23-40-44)38(29-13-19-33(20-14-29)45-24-31-17-11-27-7-3-5-9-35(27)41-31)30-15-21-34(22-16-30)46-25-32-18-12-28-8-4-6-10-36(28)42-32/h3-23,38,44H,24-26H2,1-2H3. The highest BCUT2D eigenvalue weighted by molar-refractivity contribution is 6.22. The van der Waals surface area contributed by atoms with Crippen molar-refractivity contribution in [2.75, 3.05) is 6.61 Å². The van der Waals surface area contributed by atoms with Gasteiger partial charge in [-0.15, -0.1) is 0 Å². The van der Waals surface area contributed by atoms with Crippen molar-refractivity contribution >= 4 is 34.0 Å². The van der Waals surface area contributed by atoms with Crippen molar-refractivity contribution in [1.82, 2.24) is 9.97 Å². The zero-order valence-corrected chi connectivity index (χ0v) is 26.2. The summed E-state index contributed by atoms with van der Waals surface area (Å²) in [6.45, 7) is 4.86. The van der Waals surface area contributed by atoms with Crippen LogP contribution in [0, 0.1) is 5.41 Å². The van der Waals surface area contributed by atoms with Crippen molar-refractivity contribution < 1.29 is 24.2 Å². The van der Waals surface area contributed by atoms with Crippen molar-refractivity contribution in [2.45, 2.75) is 33.0 Å². The van der Waals surface area contributed by atoms with Gasteiger partial charge >= 0.3 is 5.97 Å². The molecule has 8 nitrogen and oxygen atoms in total. The minimum Gasteiger partial charge on any atom is -0.487 e. The molecule has 8 heteroatoms. The summed E-state index contributed by atoms with van der Waals surface area (Å²) in [6, 6.07) is 39.9. The maximum absolute atomic E-state index is 12.0. The second-order valence-electron chi connectivity index (χ2n) is 12.0. The fourth-order valence-electron chi connectivity index (χ4n) is 5.72. The summed E-state index contributed by atoms with van der Waals surface area (Å²) in [6.07, 6.45) is 0.748.